The predicted molar refractivity (Wildman–Crippen MR) is 122 cm³/mol. The van der Waals surface area contributed by atoms with E-state index in [1.807, 2.05) is 43.6 Å². The Balaban J connectivity index is 1.38. The zero-order valence-corrected chi connectivity index (χ0v) is 18.6. The summed E-state index contributed by atoms with van der Waals surface area (Å²) in [6.45, 7) is 5.20. The van der Waals surface area contributed by atoms with E-state index in [0.29, 0.717) is 17.8 Å². The topological polar surface area (TPSA) is 80.2 Å². The summed E-state index contributed by atoms with van der Waals surface area (Å²) < 4.78 is 5.24. The van der Waals surface area contributed by atoms with Crippen molar-refractivity contribution in [2.75, 3.05) is 20.2 Å². The number of amides is 1. The summed E-state index contributed by atoms with van der Waals surface area (Å²) in [6.07, 6.45) is 7.51. The first kappa shape index (κ1) is 21.9. The largest absolute Gasteiger partial charge is 0.497 e. The standard InChI is InChI=1S/C25H29N5O2/c1-18-23(25(31)28-14-20-5-3-7-22(13-20)32-2)15-27-24(29-18)21-6-4-12-30(17-21)16-19-8-10-26-11-9-19/h3,5,7-11,13,15,21H,4,6,12,14,16-17H2,1-2H3,(H,28,31)/t21-/m1/s1. The van der Waals surface area contributed by atoms with Gasteiger partial charge in [-0.2, -0.15) is 0 Å². The fourth-order valence-corrected chi connectivity index (χ4v) is 4.12. The van der Waals surface area contributed by atoms with E-state index < -0.39 is 0 Å². The molecule has 0 bridgehead atoms. The molecule has 3 heterocycles. The highest BCUT2D eigenvalue weighted by Gasteiger charge is 2.24. The minimum absolute atomic E-state index is 0.167. The number of ether oxygens (including phenoxy) is 1. The van der Waals surface area contributed by atoms with Crippen LogP contribution in [0.5, 0.6) is 5.75 Å². The molecule has 1 fully saturated rings. The van der Waals surface area contributed by atoms with Gasteiger partial charge >= 0.3 is 0 Å². The van der Waals surface area contributed by atoms with Crippen LogP contribution in [0.25, 0.3) is 0 Å². The molecule has 0 aliphatic carbocycles. The van der Waals surface area contributed by atoms with Crippen molar-refractivity contribution in [2.24, 2.45) is 0 Å². The van der Waals surface area contributed by atoms with E-state index in [1.54, 1.807) is 13.3 Å². The summed E-state index contributed by atoms with van der Waals surface area (Å²) in [5.41, 5.74) is 3.47. The first-order valence-electron chi connectivity index (χ1n) is 11.0. The van der Waals surface area contributed by atoms with Crippen LogP contribution in [0.15, 0.2) is 55.0 Å². The Morgan fingerprint density at radius 3 is 2.84 bits per heavy atom. The molecule has 1 aliphatic rings. The molecule has 166 valence electrons. The molecule has 1 aliphatic heterocycles. The fourth-order valence-electron chi connectivity index (χ4n) is 4.12. The highest BCUT2D eigenvalue weighted by Crippen LogP contribution is 2.26. The van der Waals surface area contributed by atoms with Gasteiger partial charge in [0.2, 0.25) is 0 Å². The van der Waals surface area contributed by atoms with Gasteiger partial charge in [0.25, 0.3) is 5.91 Å². The lowest BCUT2D eigenvalue weighted by molar-refractivity contribution is 0.0949. The zero-order chi connectivity index (χ0) is 22.3. The number of methoxy groups -OCH3 is 1. The number of aryl methyl sites for hydroxylation is 1. The van der Waals surface area contributed by atoms with Crippen LogP contribution in [0.4, 0.5) is 0 Å². The summed E-state index contributed by atoms with van der Waals surface area (Å²) in [5.74, 6) is 1.70. The van der Waals surface area contributed by atoms with Gasteiger partial charge in [0.1, 0.15) is 11.6 Å². The van der Waals surface area contributed by atoms with Crippen molar-refractivity contribution >= 4 is 5.91 Å². The number of benzene rings is 1. The molecule has 3 aromatic rings. The van der Waals surface area contributed by atoms with E-state index in [-0.39, 0.29) is 11.8 Å². The number of hydrogen-bond acceptors (Lipinski definition) is 6. The Kier molecular flexibility index (Phi) is 7.07. The van der Waals surface area contributed by atoms with Crippen LogP contribution in [0.3, 0.4) is 0 Å². The van der Waals surface area contributed by atoms with E-state index in [4.69, 9.17) is 9.72 Å². The van der Waals surface area contributed by atoms with Gasteiger partial charge in [-0.1, -0.05) is 12.1 Å². The maximum absolute atomic E-state index is 12.7. The average Bonchev–Trinajstić information content (AvgIpc) is 2.83. The quantitative estimate of drug-likeness (QED) is 0.617. The van der Waals surface area contributed by atoms with Gasteiger partial charge in [-0.3, -0.25) is 14.7 Å². The lowest BCUT2D eigenvalue weighted by atomic mass is 9.96. The van der Waals surface area contributed by atoms with Gasteiger partial charge in [0, 0.05) is 44.1 Å². The number of hydrogen-bond donors (Lipinski definition) is 1. The van der Waals surface area contributed by atoms with Crippen molar-refractivity contribution in [1.82, 2.24) is 25.2 Å². The van der Waals surface area contributed by atoms with E-state index in [9.17, 15) is 4.79 Å². The molecule has 0 saturated carbocycles. The molecule has 1 N–H and O–H groups in total. The molecule has 1 amide bonds. The molecule has 7 heteroatoms. The van der Waals surface area contributed by atoms with Crippen LogP contribution in [0, 0.1) is 6.92 Å². The summed E-state index contributed by atoms with van der Waals surface area (Å²) >= 11 is 0. The van der Waals surface area contributed by atoms with Crippen LogP contribution >= 0.6 is 0 Å². The van der Waals surface area contributed by atoms with Crippen LogP contribution in [0.1, 0.15) is 51.8 Å². The second kappa shape index (κ2) is 10.3. The lowest BCUT2D eigenvalue weighted by Gasteiger charge is -2.32. The maximum atomic E-state index is 12.7. The Bertz CT molecular complexity index is 1060. The first-order valence-corrected chi connectivity index (χ1v) is 11.0. The highest BCUT2D eigenvalue weighted by atomic mass is 16.5. The van der Waals surface area contributed by atoms with Gasteiger partial charge in [-0.25, -0.2) is 9.97 Å². The molecule has 32 heavy (non-hydrogen) atoms. The van der Waals surface area contributed by atoms with Gasteiger partial charge < -0.3 is 10.1 Å². The number of piperidine rings is 1. The molecule has 7 nitrogen and oxygen atoms in total. The van der Waals surface area contributed by atoms with Crippen molar-refractivity contribution in [1.29, 1.82) is 0 Å². The Hall–Kier alpha value is -3.32. The van der Waals surface area contributed by atoms with Crippen molar-refractivity contribution in [2.45, 2.75) is 38.8 Å². The normalized spacial score (nSPS) is 16.5. The minimum Gasteiger partial charge on any atom is -0.497 e. The van der Waals surface area contributed by atoms with Gasteiger partial charge in [0.15, 0.2) is 0 Å². The predicted octanol–water partition coefficient (Wildman–Crippen LogP) is 3.50. The molecular weight excluding hydrogens is 402 g/mol. The summed E-state index contributed by atoms with van der Waals surface area (Å²) in [4.78, 5) is 28.5. The molecule has 1 atom stereocenters. The number of carbonyl (C=O) groups excluding carboxylic acids is 1. The summed E-state index contributed by atoms with van der Waals surface area (Å²) in [6, 6.07) is 11.8. The number of nitrogens with zero attached hydrogens (tertiary/aromatic N) is 4. The Morgan fingerprint density at radius 1 is 1.22 bits per heavy atom. The number of carbonyl (C=O) groups is 1. The van der Waals surface area contributed by atoms with Gasteiger partial charge in [-0.15, -0.1) is 0 Å². The Morgan fingerprint density at radius 2 is 2.06 bits per heavy atom. The second-order valence-corrected chi connectivity index (χ2v) is 8.19. The summed E-state index contributed by atoms with van der Waals surface area (Å²) in [7, 11) is 1.63. The maximum Gasteiger partial charge on any atom is 0.254 e. The number of likely N-dealkylation sites (tertiary alicyclic amines) is 1. The molecular formula is C25H29N5O2. The van der Waals surface area contributed by atoms with Gasteiger partial charge in [-0.05, 0) is 61.7 Å². The van der Waals surface area contributed by atoms with Crippen molar-refractivity contribution in [3.8, 4) is 5.75 Å². The SMILES string of the molecule is COc1cccc(CNC(=O)c2cnc([C@@H]3CCCN(Cc4ccncc4)C3)nc2C)c1. The monoisotopic (exact) mass is 431 g/mol. The van der Waals surface area contributed by atoms with Crippen molar-refractivity contribution < 1.29 is 9.53 Å². The lowest BCUT2D eigenvalue weighted by Crippen LogP contribution is -2.34. The number of aromatic nitrogens is 3. The van der Waals surface area contributed by atoms with Crippen LogP contribution in [-0.2, 0) is 13.1 Å². The van der Waals surface area contributed by atoms with Gasteiger partial charge in [0.05, 0.1) is 18.4 Å². The molecule has 2 aromatic heterocycles. The molecule has 1 aromatic carbocycles. The highest BCUT2D eigenvalue weighted by molar-refractivity contribution is 5.94. The number of nitrogens with one attached hydrogen (secondary N) is 1. The Labute approximate surface area is 188 Å². The zero-order valence-electron chi connectivity index (χ0n) is 18.6. The molecule has 1 saturated heterocycles. The number of pyridine rings is 1. The van der Waals surface area contributed by atoms with E-state index in [1.165, 1.54) is 5.56 Å². The number of rotatable bonds is 7. The third-order valence-electron chi connectivity index (χ3n) is 5.86. The summed E-state index contributed by atoms with van der Waals surface area (Å²) in [5, 5.41) is 2.95. The van der Waals surface area contributed by atoms with E-state index >= 15 is 0 Å². The molecule has 0 unspecified atom stereocenters. The van der Waals surface area contributed by atoms with Crippen LogP contribution < -0.4 is 10.1 Å². The smallest absolute Gasteiger partial charge is 0.254 e. The fraction of sp³-hybridized carbons (Fsp3) is 0.360. The first-order chi connectivity index (χ1) is 15.6. The van der Waals surface area contributed by atoms with E-state index in [0.717, 1.165) is 49.6 Å². The van der Waals surface area contributed by atoms with E-state index in [2.05, 4.69) is 32.3 Å². The third-order valence-corrected chi connectivity index (χ3v) is 5.86. The average molecular weight is 432 g/mol. The second-order valence-electron chi connectivity index (χ2n) is 8.19. The molecule has 0 radical (unpaired) electrons. The van der Waals surface area contributed by atoms with Crippen LogP contribution in [0.2, 0.25) is 0 Å². The molecule has 4 rings (SSSR count). The van der Waals surface area contributed by atoms with Crippen LogP contribution in [-0.4, -0.2) is 46.0 Å². The minimum atomic E-state index is -0.167. The van der Waals surface area contributed by atoms with Crippen molar-refractivity contribution in [3.63, 3.8) is 0 Å². The molecule has 0 spiro atoms. The van der Waals surface area contributed by atoms with Crippen molar-refractivity contribution in [3.05, 3.63) is 83.2 Å². The third kappa shape index (κ3) is 5.48.